The van der Waals surface area contributed by atoms with Crippen molar-refractivity contribution < 1.29 is 33.2 Å². The molecule has 0 saturated heterocycles. The molecule has 3 rings (SSSR count). The average Bonchev–Trinajstić information content (AvgIpc) is 2.72. The molecule has 2 aromatic carbocycles. The second-order valence-corrected chi connectivity index (χ2v) is 5.70. The molecule has 1 heterocycles. The van der Waals surface area contributed by atoms with Gasteiger partial charge < -0.3 is 33.2 Å². The Kier molecular flexibility index (Phi) is 5.21. The fraction of sp³-hybridized carbons (Fsp3) is 0.250. The highest BCUT2D eigenvalue weighted by atomic mass is 16.5. The summed E-state index contributed by atoms with van der Waals surface area (Å²) in [5, 5.41) is 9.99. The Morgan fingerprint density at radius 3 is 2.00 bits per heavy atom. The highest BCUT2D eigenvalue weighted by molar-refractivity contribution is 5.91. The topological polar surface area (TPSA) is 96.6 Å². The minimum Gasteiger partial charge on any atom is -0.504 e. The van der Waals surface area contributed by atoms with Crippen molar-refractivity contribution in [2.45, 2.75) is 0 Å². The van der Waals surface area contributed by atoms with Gasteiger partial charge in [-0.25, -0.2) is 0 Å². The lowest BCUT2D eigenvalue weighted by Gasteiger charge is -2.16. The molecule has 0 aliphatic heterocycles. The molecule has 28 heavy (non-hydrogen) atoms. The maximum atomic E-state index is 13.2. The molecule has 148 valence electrons. The Morgan fingerprint density at radius 1 is 0.786 bits per heavy atom. The van der Waals surface area contributed by atoms with E-state index in [2.05, 4.69) is 0 Å². The van der Waals surface area contributed by atoms with Crippen LogP contribution in [0.15, 0.2) is 33.5 Å². The van der Waals surface area contributed by atoms with Crippen LogP contribution < -0.4 is 29.1 Å². The van der Waals surface area contributed by atoms with Crippen LogP contribution in [-0.2, 0) is 0 Å². The van der Waals surface area contributed by atoms with E-state index >= 15 is 0 Å². The highest BCUT2D eigenvalue weighted by Gasteiger charge is 2.25. The van der Waals surface area contributed by atoms with E-state index < -0.39 is 5.43 Å². The van der Waals surface area contributed by atoms with E-state index in [1.165, 1.54) is 41.6 Å². The van der Waals surface area contributed by atoms with Crippen LogP contribution in [0.4, 0.5) is 0 Å². The maximum Gasteiger partial charge on any atom is 0.239 e. The van der Waals surface area contributed by atoms with Crippen LogP contribution >= 0.6 is 0 Å². The van der Waals surface area contributed by atoms with Crippen LogP contribution in [0.1, 0.15) is 0 Å². The fourth-order valence-electron chi connectivity index (χ4n) is 3.00. The number of rotatable bonds is 6. The van der Waals surface area contributed by atoms with E-state index in [4.69, 9.17) is 28.1 Å². The highest BCUT2D eigenvalue weighted by Crippen LogP contribution is 2.44. The van der Waals surface area contributed by atoms with E-state index in [0.29, 0.717) is 11.3 Å². The Bertz CT molecular complexity index is 1080. The molecule has 0 amide bonds. The first-order valence-electron chi connectivity index (χ1n) is 8.21. The van der Waals surface area contributed by atoms with Crippen LogP contribution in [0.25, 0.3) is 22.3 Å². The summed E-state index contributed by atoms with van der Waals surface area (Å²) in [5.74, 6) is 1.13. The summed E-state index contributed by atoms with van der Waals surface area (Å²) in [6.45, 7) is 0. The first-order chi connectivity index (χ1) is 13.5. The number of fused-ring (bicyclic) bond motifs is 1. The third kappa shape index (κ3) is 2.92. The average molecular weight is 388 g/mol. The van der Waals surface area contributed by atoms with Crippen LogP contribution in [-0.4, -0.2) is 40.7 Å². The second-order valence-electron chi connectivity index (χ2n) is 5.70. The summed E-state index contributed by atoms with van der Waals surface area (Å²) >= 11 is 0. The van der Waals surface area contributed by atoms with E-state index in [-0.39, 0.29) is 45.5 Å². The van der Waals surface area contributed by atoms with Crippen molar-refractivity contribution >= 4 is 11.0 Å². The van der Waals surface area contributed by atoms with Crippen LogP contribution in [0.2, 0.25) is 0 Å². The van der Waals surface area contributed by atoms with E-state index in [0.717, 1.165) is 0 Å². The van der Waals surface area contributed by atoms with Crippen molar-refractivity contribution in [1.29, 1.82) is 0 Å². The molecule has 0 radical (unpaired) electrons. The largest absolute Gasteiger partial charge is 0.504 e. The molecule has 1 N–H and O–H groups in total. The summed E-state index contributed by atoms with van der Waals surface area (Å²) in [5.41, 5.74) is 0.269. The van der Waals surface area contributed by atoms with Crippen molar-refractivity contribution in [3.8, 4) is 45.8 Å². The zero-order chi connectivity index (χ0) is 20.4. The number of benzene rings is 2. The van der Waals surface area contributed by atoms with Gasteiger partial charge in [0.25, 0.3) is 0 Å². The van der Waals surface area contributed by atoms with Gasteiger partial charge in [0.2, 0.25) is 16.9 Å². The lowest BCUT2D eigenvalue weighted by Crippen LogP contribution is -2.10. The monoisotopic (exact) mass is 388 g/mol. The quantitative estimate of drug-likeness (QED) is 0.688. The van der Waals surface area contributed by atoms with Gasteiger partial charge in [-0.2, -0.15) is 0 Å². The SMILES string of the molecule is COc1cc(-c2oc3cc(OC)c(OC)c(OC)c3c(=O)c2OC)ccc1O. The van der Waals surface area contributed by atoms with E-state index in [1.54, 1.807) is 18.2 Å². The molecule has 1 aromatic heterocycles. The molecule has 3 aromatic rings. The fourth-order valence-corrected chi connectivity index (χ4v) is 3.00. The third-order valence-electron chi connectivity index (χ3n) is 4.29. The maximum absolute atomic E-state index is 13.2. The Hall–Kier alpha value is -3.55. The summed E-state index contributed by atoms with van der Waals surface area (Å²) in [4.78, 5) is 13.2. The lowest BCUT2D eigenvalue weighted by molar-refractivity contribution is 0.325. The van der Waals surface area contributed by atoms with Crippen molar-refractivity contribution in [3.05, 3.63) is 34.5 Å². The van der Waals surface area contributed by atoms with E-state index in [1.807, 2.05) is 0 Å². The first kappa shape index (κ1) is 19.2. The summed E-state index contributed by atoms with van der Waals surface area (Å²) in [6, 6.07) is 6.11. The summed E-state index contributed by atoms with van der Waals surface area (Å²) in [6.07, 6.45) is 0. The normalized spacial score (nSPS) is 10.6. The first-order valence-corrected chi connectivity index (χ1v) is 8.21. The zero-order valence-electron chi connectivity index (χ0n) is 16.1. The Morgan fingerprint density at radius 2 is 1.43 bits per heavy atom. The number of hydrogen-bond acceptors (Lipinski definition) is 8. The van der Waals surface area contributed by atoms with Crippen molar-refractivity contribution in [3.63, 3.8) is 0 Å². The predicted octanol–water partition coefficient (Wildman–Crippen LogP) is 3.21. The van der Waals surface area contributed by atoms with Gasteiger partial charge >= 0.3 is 0 Å². The molecular weight excluding hydrogens is 368 g/mol. The second kappa shape index (κ2) is 7.59. The molecule has 0 bridgehead atoms. The molecule has 0 aliphatic rings. The van der Waals surface area contributed by atoms with E-state index in [9.17, 15) is 9.90 Å². The molecule has 0 atom stereocenters. The molecular formula is C20H20O8. The molecule has 0 unspecified atom stereocenters. The molecule has 8 nitrogen and oxygen atoms in total. The zero-order valence-corrected chi connectivity index (χ0v) is 16.1. The predicted molar refractivity (Wildman–Crippen MR) is 102 cm³/mol. The lowest BCUT2D eigenvalue weighted by atomic mass is 10.1. The number of ether oxygens (including phenoxy) is 5. The summed E-state index contributed by atoms with van der Waals surface area (Å²) in [7, 11) is 7.13. The Labute approximate surface area is 160 Å². The Balaban J connectivity index is 2.42. The number of phenols is 1. The number of hydrogen-bond donors (Lipinski definition) is 1. The van der Waals surface area contributed by atoms with Crippen molar-refractivity contribution in [1.82, 2.24) is 0 Å². The van der Waals surface area contributed by atoms with Gasteiger partial charge in [0.15, 0.2) is 28.8 Å². The van der Waals surface area contributed by atoms with Crippen LogP contribution in [0.5, 0.6) is 34.5 Å². The summed E-state index contributed by atoms with van der Waals surface area (Å²) < 4.78 is 32.5. The van der Waals surface area contributed by atoms with Crippen LogP contribution in [0, 0.1) is 0 Å². The molecule has 0 aliphatic carbocycles. The smallest absolute Gasteiger partial charge is 0.239 e. The van der Waals surface area contributed by atoms with Gasteiger partial charge in [-0.1, -0.05) is 0 Å². The number of methoxy groups -OCH3 is 5. The van der Waals surface area contributed by atoms with Crippen LogP contribution in [0.3, 0.4) is 0 Å². The number of aromatic hydroxyl groups is 1. The van der Waals surface area contributed by atoms with Gasteiger partial charge in [-0.3, -0.25) is 4.79 Å². The van der Waals surface area contributed by atoms with Gasteiger partial charge in [-0.05, 0) is 18.2 Å². The van der Waals surface area contributed by atoms with Crippen molar-refractivity contribution in [2.75, 3.05) is 35.5 Å². The van der Waals surface area contributed by atoms with Gasteiger partial charge in [-0.15, -0.1) is 0 Å². The molecule has 8 heteroatoms. The van der Waals surface area contributed by atoms with Crippen molar-refractivity contribution in [2.24, 2.45) is 0 Å². The van der Waals surface area contributed by atoms with Gasteiger partial charge in [0.1, 0.15) is 11.0 Å². The van der Waals surface area contributed by atoms with Gasteiger partial charge in [0, 0.05) is 11.6 Å². The van der Waals surface area contributed by atoms with Gasteiger partial charge in [0.05, 0.1) is 35.5 Å². The molecule has 0 fully saturated rings. The molecule has 0 saturated carbocycles. The minimum absolute atomic E-state index is 0.0224. The minimum atomic E-state index is -0.441. The molecule has 0 spiro atoms. The number of phenolic OH excluding ortho intramolecular Hbond substituents is 1. The standard InChI is InChI=1S/C20H20O8/c1-23-12-8-10(6-7-11(12)21)17-20(27-5)16(22)15-13(28-17)9-14(24-2)18(25-3)19(15)26-4/h6-9,21H,1-5H3. The third-order valence-corrected chi connectivity index (χ3v) is 4.29.